The standard InChI is InChI=1S/C34H39N11O/c1-34(2,20-35-17-9-14-26-19-44(42-38-26)23-43-22-37-29-16-7-6-15-27(29)33(43)46)21-36-31-28(24-12-8-13-24)18-30-39-40-32(45(30)41-31)25-10-4-3-5-11-25/h3-7,10-11,15-16,18-19,22,24,35H,8-9,12-14,17,20-21,23H2,1-2H3,(H,36,41). The predicted octanol–water partition coefficient (Wildman–Crippen LogP) is 4.53. The third-order valence-electron chi connectivity index (χ3n) is 8.74. The van der Waals surface area contributed by atoms with E-state index in [1.54, 1.807) is 21.6 Å². The molecule has 46 heavy (non-hydrogen) atoms. The third kappa shape index (κ3) is 6.38. The zero-order valence-electron chi connectivity index (χ0n) is 26.3. The molecular weight excluding hydrogens is 578 g/mol. The molecule has 1 fully saturated rings. The van der Waals surface area contributed by atoms with Gasteiger partial charge in [-0.05, 0) is 61.8 Å². The van der Waals surface area contributed by atoms with Gasteiger partial charge in [0, 0.05) is 24.2 Å². The topological polar surface area (TPSA) is 133 Å². The molecule has 6 aromatic rings. The van der Waals surface area contributed by atoms with Crippen molar-refractivity contribution in [3.8, 4) is 11.4 Å². The van der Waals surface area contributed by atoms with Gasteiger partial charge in [0.25, 0.3) is 5.56 Å². The number of benzene rings is 2. The highest BCUT2D eigenvalue weighted by Crippen LogP contribution is 2.40. The first kappa shape index (κ1) is 29.7. The van der Waals surface area contributed by atoms with Gasteiger partial charge in [-0.25, -0.2) is 9.67 Å². The summed E-state index contributed by atoms with van der Waals surface area (Å²) in [4.78, 5) is 17.2. The number of nitrogens with zero attached hydrogens (tertiary/aromatic N) is 9. The molecule has 2 N–H and O–H groups in total. The van der Waals surface area contributed by atoms with Crippen molar-refractivity contribution in [3.63, 3.8) is 0 Å². The highest BCUT2D eigenvalue weighted by atomic mass is 16.1. The molecule has 236 valence electrons. The number of fused-ring (bicyclic) bond motifs is 2. The van der Waals surface area contributed by atoms with Gasteiger partial charge in [0.2, 0.25) is 0 Å². The summed E-state index contributed by atoms with van der Waals surface area (Å²) in [7, 11) is 0. The molecule has 7 rings (SSSR count). The van der Waals surface area contributed by atoms with Crippen LogP contribution in [-0.2, 0) is 13.1 Å². The molecule has 0 bridgehead atoms. The molecule has 0 saturated heterocycles. The Morgan fingerprint density at radius 2 is 1.80 bits per heavy atom. The Kier molecular flexibility index (Phi) is 8.27. The van der Waals surface area contributed by atoms with Crippen molar-refractivity contribution < 1.29 is 0 Å². The van der Waals surface area contributed by atoms with Crippen molar-refractivity contribution in [2.75, 3.05) is 25.0 Å². The van der Waals surface area contributed by atoms with Crippen LogP contribution < -0.4 is 16.2 Å². The molecular formula is C34H39N11O. The van der Waals surface area contributed by atoms with Gasteiger partial charge >= 0.3 is 0 Å². The van der Waals surface area contributed by atoms with E-state index in [0.717, 1.165) is 61.0 Å². The number of aryl methyl sites for hydroxylation is 1. The van der Waals surface area contributed by atoms with E-state index in [4.69, 9.17) is 5.10 Å². The van der Waals surface area contributed by atoms with Gasteiger partial charge in [-0.1, -0.05) is 67.9 Å². The van der Waals surface area contributed by atoms with Crippen LogP contribution in [0.4, 0.5) is 5.82 Å². The number of rotatable bonds is 13. The Morgan fingerprint density at radius 3 is 2.63 bits per heavy atom. The van der Waals surface area contributed by atoms with E-state index in [1.165, 1.54) is 24.8 Å². The fraction of sp³-hybridized carbons (Fsp3) is 0.382. The molecule has 0 atom stereocenters. The van der Waals surface area contributed by atoms with E-state index in [-0.39, 0.29) is 17.6 Å². The van der Waals surface area contributed by atoms with Crippen molar-refractivity contribution >= 4 is 22.4 Å². The molecule has 0 unspecified atom stereocenters. The molecule has 0 aliphatic heterocycles. The molecule has 1 saturated carbocycles. The fourth-order valence-electron chi connectivity index (χ4n) is 5.87. The van der Waals surface area contributed by atoms with E-state index < -0.39 is 0 Å². The maximum Gasteiger partial charge on any atom is 0.262 e. The highest BCUT2D eigenvalue weighted by Gasteiger charge is 2.26. The molecule has 4 aromatic heterocycles. The van der Waals surface area contributed by atoms with Gasteiger partial charge in [-0.3, -0.25) is 9.36 Å². The molecule has 12 nitrogen and oxygen atoms in total. The average Bonchev–Trinajstić information content (AvgIpc) is 3.67. The summed E-state index contributed by atoms with van der Waals surface area (Å²) in [6.07, 6.45) is 8.82. The summed E-state index contributed by atoms with van der Waals surface area (Å²) in [5.41, 5.74) is 4.52. The van der Waals surface area contributed by atoms with E-state index in [2.05, 4.69) is 56.0 Å². The summed E-state index contributed by atoms with van der Waals surface area (Å²) in [5.74, 6) is 2.19. The zero-order chi connectivity index (χ0) is 31.5. The van der Waals surface area contributed by atoms with Gasteiger partial charge in [0.15, 0.2) is 17.3 Å². The first-order valence-corrected chi connectivity index (χ1v) is 16.0. The van der Waals surface area contributed by atoms with Crippen LogP contribution in [0, 0.1) is 5.41 Å². The summed E-state index contributed by atoms with van der Waals surface area (Å²) in [6, 6.07) is 19.6. The van der Waals surface area contributed by atoms with Crippen LogP contribution in [0.2, 0.25) is 0 Å². The first-order chi connectivity index (χ1) is 22.4. The van der Waals surface area contributed by atoms with E-state index in [9.17, 15) is 4.79 Å². The number of hydrogen-bond donors (Lipinski definition) is 2. The lowest BCUT2D eigenvalue weighted by atomic mass is 9.80. The van der Waals surface area contributed by atoms with Crippen LogP contribution in [0.3, 0.4) is 0 Å². The third-order valence-corrected chi connectivity index (χ3v) is 8.74. The molecule has 4 heterocycles. The second kappa shape index (κ2) is 12.8. The minimum atomic E-state index is -0.0878. The first-order valence-electron chi connectivity index (χ1n) is 16.0. The molecule has 1 aliphatic rings. The second-order valence-electron chi connectivity index (χ2n) is 13.0. The van der Waals surface area contributed by atoms with Gasteiger partial charge in [-0.15, -0.1) is 20.4 Å². The quantitative estimate of drug-likeness (QED) is 0.179. The summed E-state index contributed by atoms with van der Waals surface area (Å²) in [5, 5.41) is 30.4. The average molecular weight is 618 g/mol. The van der Waals surface area contributed by atoms with Gasteiger partial charge in [0.1, 0.15) is 6.67 Å². The van der Waals surface area contributed by atoms with E-state index in [0.29, 0.717) is 16.8 Å². The molecule has 0 radical (unpaired) electrons. The molecule has 1 aliphatic carbocycles. The maximum absolute atomic E-state index is 12.8. The Hall–Kier alpha value is -4.97. The normalized spacial score (nSPS) is 13.8. The summed E-state index contributed by atoms with van der Waals surface area (Å²) >= 11 is 0. The predicted molar refractivity (Wildman–Crippen MR) is 178 cm³/mol. The Morgan fingerprint density at radius 1 is 0.978 bits per heavy atom. The van der Waals surface area contributed by atoms with Gasteiger partial charge in [0.05, 0.1) is 29.1 Å². The van der Waals surface area contributed by atoms with Crippen LogP contribution in [0.15, 0.2) is 78.0 Å². The van der Waals surface area contributed by atoms with Crippen LogP contribution in [0.25, 0.3) is 27.9 Å². The Bertz CT molecular complexity index is 2010. The lowest BCUT2D eigenvalue weighted by Gasteiger charge is -2.30. The SMILES string of the molecule is CC(C)(CNCCCc1cn(Cn2cnc3ccccc3c2=O)nn1)CNc1nn2c(-c3ccccc3)nnc2cc1C1CCC1. The van der Waals surface area contributed by atoms with Crippen molar-refractivity contribution in [1.82, 2.24) is 49.7 Å². The summed E-state index contributed by atoms with van der Waals surface area (Å²) in [6.45, 7) is 7.29. The Balaban J connectivity index is 0.921. The highest BCUT2D eigenvalue weighted by molar-refractivity contribution is 5.76. The minimum absolute atomic E-state index is 0.00669. The molecule has 12 heteroatoms. The molecule has 0 spiro atoms. The number of nitrogens with one attached hydrogen (secondary N) is 2. The largest absolute Gasteiger partial charge is 0.368 e. The van der Waals surface area contributed by atoms with Crippen LogP contribution in [0.5, 0.6) is 0 Å². The minimum Gasteiger partial charge on any atom is -0.368 e. The monoisotopic (exact) mass is 617 g/mol. The lowest BCUT2D eigenvalue weighted by molar-refractivity contribution is 0.360. The number of hydrogen-bond acceptors (Lipinski definition) is 9. The van der Waals surface area contributed by atoms with Crippen LogP contribution in [0.1, 0.15) is 56.7 Å². The Labute approximate surface area is 266 Å². The molecule has 0 amide bonds. The molecule has 2 aromatic carbocycles. The van der Waals surface area contributed by atoms with Gasteiger partial charge < -0.3 is 10.6 Å². The summed E-state index contributed by atoms with van der Waals surface area (Å²) < 4.78 is 5.09. The van der Waals surface area contributed by atoms with Crippen LogP contribution in [-0.4, -0.2) is 64.0 Å². The lowest BCUT2D eigenvalue weighted by Crippen LogP contribution is -2.36. The number of aromatic nitrogens is 9. The fourth-order valence-corrected chi connectivity index (χ4v) is 5.87. The zero-order valence-corrected chi connectivity index (χ0v) is 26.3. The van der Waals surface area contributed by atoms with Crippen molar-refractivity contribution in [3.05, 3.63) is 94.8 Å². The smallest absolute Gasteiger partial charge is 0.262 e. The van der Waals surface area contributed by atoms with Crippen molar-refractivity contribution in [2.24, 2.45) is 5.41 Å². The maximum atomic E-state index is 12.8. The van der Waals surface area contributed by atoms with E-state index >= 15 is 0 Å². The van der Waals surface area contributed by atoms with Crippen molar-refractivity contribution in [2.45, 2.75) is 58.5 Å². The van der Waals surface area contributed by atoms with Crippen molar-refractivity contribution in [1.29, 1.82) is 0 Å². The number of para-hydroxylation sites is 1. The van der Waals surface area contributed by atoms with E-state index in [1.807, 2.05) is 59.2 Å². The van der Waals surface area contributed by atoms with Crippen LogP contribution >= 0.6 is 0 Å². The van der Waals surface area contributed by atoms with Gasteiger partial charge in [-0.2, -0.15) is 4.52 Å². The number of anilines is 1. The second-order valence-corrected chi connectivity index (χ2v) is 13.0.